The molecule has 0 spiro atoms. The second kappa shape index (κ2) is 5.36. The van der Waals surface area contributed by atoms with Crippen molar-refractivity contribution in [2.45, 2.75) is 59.1 Å². The van der Waals surface area contributed by atoms with Gasteiger partial charge in [-0.25, -0.2) is 4.98 Å². The van der Waals surface area contributed by atoms with Crippen molar-refractivity contribution in [2.75, 3.05) is 11.9 Å². The molecule has 0 saturated carbocycles. The summed E-state index contributed by atoms with van der Waals surface area (Å²) in [5.74, 6) is 0.361. The zero-order valence-electron chi connectivity index (χ0n) is 11.7. The van der Waals surface area contributed by atoms with Crippen molar-refractivity contribution in [3.05, 3.63) is 10.6 Å². The van der Waals surface area contributed by atoms with E-state index in [1.54, 1.807) is 11.3 Å². The molecule has 4 heteroatoms. The Morgan fingerprint density at radius 3 is 2.35 bits per heavy atom. The van der Waals surface area contributed by atoms with Crippen LogP contribution in [0.2, 0.25) is 0 Å². The molecule has 0 aromatic carbocycles. The molecule has 98 valence electrons. The molecule has 1 aromatic heterocycles. The highest BCUT2D eigenvalue weighted by Gasteiger charge is 2.25. The third kappa shape index (κ3) is 2.99. The van der Waals surface area contributed by atoms with E-state index in [-0.39, 0.29) is 12.1 Å². The Bertz CT molecular complexity index is 371. The first-order chi connectivity index (χ1) is 7.83. The van der Waals surface area contributed by atoms with Crippen LogP contribution < -0.4 is 4.90 Å². The maximum atomic E-state index is 9.37. The van der Waals surface area contributed by atoms with E-state index in [0.717, 1.165) is 22.1 Å². The number of aromatic nitrogens is 1. The van der Waals surface area contributed by atoms with Crippen molar-refractivity contribution >= 4 is 16.5 Å². The van der Waals surface area contributed by atoms with Crippen LogP contribution >= 0.6 is 11.3 Å². The first kappa shape index (κ1) is 14.5. The summed E-state index contributed by atoms with van der Waals surface area (Å²) in [7, 11) is 2.08. The minimum absolute atomic E-state index is 0.0889. The van der Waals surface area contributed by atoms with Crippen molar-refractivity contribution in [3.8, 4) is 0 Å². The second-order valence-electron chi connectivity index (χ2n) is 5.34. The molecule has 0 aliphatic carbocycles. The average molecular weight is 256 g/mol. The lowest BCUT2D eigenvalue weighted by molar-refractivity contribution is 0.283. The third-order valence-electron chi connectivity index (χ3n) is 3.47. The van der Waals surface area contributed by atoms with Crippen molar-refractivity contribution < 1.29 is 5.11 Å². The predicted molar refractivity (Wildman–Crippen MR) is 74.9 cm³/mol. The van der Waals surface area contributed by atoms with E-state index in [0.29, 0.717) is 5.92 Å². The van der Waals surface area contributed by atoms with Gasteiger partial charge in [0.15, 0.2) is 5.13 Å². The predicted octanol–water partition coefficient (Wildman–Crippen LogP) is 3.38. The molecular weight excluding hydrogens is 232 g/mol. The maximum absolute atomic E-state index is 9.37. The van der Waals surface area contributed by atoms with Gasteiger partial charge in [0.25, 0.3) is 0 Å². The summed E-state index contributed by atoms with van der Waals surface area (Å²) < 4.78 is 0. The third-order valence-corrected chi connectivity index (χ3v) is 4.60. The Balaban J connectivity index is 3.08. The lowest BCUT2D eigenvalue weighted by atomic mass is 10.0. The van der Waals surface area contributed by atoms with Gasteiger partial charge in [-0.15, -0.1) is 0 Å². The summed E-state index contributed by atoms with van der Waals surface area (Å²) in [6, 6.07) is 0. The number of hydrogen-bond acceptors (Lipinski definition) is 4. The summed E-state index contributed by atoms with van der Waals surface area (Å²) in [6.07, 6.45) is 1.06. The minimum Gasteiger partial charge on any atom is -0.391 e. The highest BCUT2D eigenvalue weighted by atomic mass is 32.1. The molecule has 0 fully saturated rings. The van der Waals surface area contributed by atoms with Crippen LogP contribution in [0, 0.1) is 0 Å². The van der Waals surface area contributed by atoms with Crippen LogP contribution in [-0.4, -0.2) is 22.7 Å². The summed E-state index contributed by atoms with van der Waals surface area (Å²) in [6.45, 7) is 10.9. The molecule has 1 aromatic rings. The van der Waals surface area contributed by atoms with E-state index in [4.69, 9.17) is 0 Å². The van der Waals surface area contributed by atoms with Crippen molar-refractivity contribution in [3.63, 3.8) is 0 Å². The summed E-state index contributed by atoms with van der Waals surface area (Å²) in [4.78, 5) is 7.88. The van der Waals surface area contributed by atoms with E-state index in [2.05, 4.69) is 51.6 Å². The van der Waals surface area contributed by atoms with Gasteiger partial charge in [-0.1, -0.05) is 32.1 Å². The number of aliphatic hydroxyl groups is 1. The van der Waals surface area contributed by atoms with Gasteiger partial charge < -0.3 is 10.0 Å². The van der Waals surface area contributed by atoms with E-state index < -0.39 is 0 Å². The zero-order chi connectivity index (χ0) is 13.2. The molecule has 0 atom stereocenters. The quantitative estimate of drug-likeness (QED) is 0.877. The molecule has 0 aliphatic rings. The number of nitrogens with zero attached hydrogens (tertiary/aromatic N) is 2. The van der Waals surface area contributed by atoms with E-state index in [1.165, 1.54) is 0 Å². The molecule has 0 saturated heterocycles. The van der Waals surface area contributed by atoms with Crippen molar-refractivity contribution in [1.29, 1.82) is 0 Å². The molecule has 0 radical (unpaired) electrons. The van der Waals surface area contributed by atoms with Gasteiger partial charge in [-0.05, 0) is 26.2 Å². The second-order valence-corrected chi connectivity index (χ2v) is 6.40. The first-order valence-electron chi connectivity index (χ1n) is 6.17. The highest BCUT2D eigenvalue weighted by Crippen LogP contribution is 2.33. The Hall–Kier alpha value is -0.610. The van der Waals surface area contributed by atoms with E-state index >= 15 is 0 Å². The van der Waals surface area contributed by atoms with E-state index in [1.807, 2.05) is 0 Å². The topological polar surface area (TPSA) is 36.4 Å². The fourth-order valence-electron chi connectivity index (χ4n) is 1.55. The van der Waals surface area contributed by atoms with Gasteiger partial charge in [0.05, 0.1) is 17.2 Å². The smallest absolute Gasteiger partial charge is 0.186 e. The molecule has 0 unspecified atom stereocenters. The number of anilines is 1. The lowest BCUT2D eigenvalue weighted by Gasteiger charge is -2.34. The number of hydrogen-bond donors (Lipinski definition) is 1. The largest absolute Gasteiger partial charge is 0.391 e. The number of rotatable bonds is 5. The Morgan fingerprint density at radius 1 is 1.41 bits per heavy atom. The Morgan fingerprint density at radius 2 is 2.00 bits per heavy atom. The Labute approximate surface area is 108 Å². The zero-order valence-corrected chi connectivity index (χ0v) is 12.6. The molecule has 1 heterocycles. The van der Waals surface area contributed by atoms with Crippen LogP contribution in [-0.2, 0) is 6.61 Å². The van der Waals surface area contributed by atoms with Gasteiger partial charge in [-0.2, -0.15) is 0 Å². The van der Waals surface area contributed by atoms with E-state index in [9.17, 15) is 5.11 Å². The first-order valence-corrected chi connectivity index (χ1v) is 6.99. The van der Waals surface area contributed by atoms with Crippen LogP contribution in [0.4, 0.5) is 5.13 Å². The standard InChI is InChI=1S/C13H24N2OS/c1-7-13(4,5)15(6)12-14-11(9(2)3)10(8-16)17-12/h9,16H,7-8H2,1-6H3. The normalized spacial score (nSPS) is 12.2. The average Bonchev–Trinajstić information content (AvgIpc) is 2.71. The fraction of sp³-hybridized carbons (Fsp3) is 0.769. The SMILES string of the molecule is CCC(C)(C)N(C)c1nc(C(C)C)c(CO)s1. The minimum atomic E-state index is 0.0889. The molecule has 1 rings (SSSR count). The molecular formula is C13H24N2OS. The van der Waals surface area contributed by atoms with Gasteiger partial charge in [-0.3, -0.25) is 0 Å². The van der Waals surface area contributed by atoms with Crippen LogP contribution in [0.3, 0.4) is 0 Å². The molecule has 3 nitrogen and oxygen atoms in total. The maximum Gasteiger partial charge on any atom is 0.186 e. The molecule has 0 bridgehead atoms. The number of thiazole rings is 1. The highest BCUT2D eigenvalue weighted by molar-refractivity contribution is 7.15. The van der Waals surface area contributed by atoms with Gasteiger partial charge >= 0.3 is 0 Å². The van der Waals surface area contributed by atoms with Gasteiger partial charge in [0.1, 0.15) is 0 Å². The molecule has 0 amide bonds. The van der Waals surface area contributed by atoms with Gasteiger partial charge in [0, 0.05) is 12.6 Å². The number of aliphatic hydroxyl groups excluding tert-OH is 1. The van der Waals surface area contributed by atoms with Crippen LogP contribution in [0.15, 0.2) is 0 Å². The van der Waals surface area contributed by atoms with Gasteiger partial charge in [0.2, 0.25) is 0 Å². The lowest BCUT2D eigenvalue weighted by Crippen LogP contribution is -2.40. The van der Waals surface area contributed by atoms with Crippen LogP contribution in [0.5, 0.6) is 0 Å². The molecule has 17 heavy (non-hydrogen) atoms. The summed E-state index contributed by atoms with van der Waals surface area (Å²) >= 11 is 1.60. The van der Waals surface area contributed by atoms with Crippen molar-refractivity contribution in [1.82, 2.24) is 4.98 Å². The fourth-order valence-corrected chi connectivity index (χ4v) is 2.75. The molecule has 1 N–H and O–H groups in total. The monoisotopic (exact) mass is 256 g/mol. The Kier molecular flexibility index (Phi) is 4.55. The van der Waals surface area contributed by atoms with Crippen molar-refractivity contribution in [2.24, 2.45) is 0 Å². The van der Waals surface area contributed by atoms with Crippen LogP contribution in [0.25, 0.3) is 0 Å². The van der Waals surface area contributed by atoms with Crippen LogP contribution in [0.1, 0.15) is 57.5 Å². The summed E-state index contributed by atoms with van der Waals surface area (Å²) in [5.41, 5.74) is 1.13. The molecule has 0 aliphatic heterocycles. The summed E-state index contributed by atoms with van der Waals surface area (Å²) in [5, 5.41) is 10.4.